The molecule has 2 fully saturated rings. The zero-order valence-corrected chi connectivity index (χ0v) is 14.3. The Hall–Kier alpha value is -2.47. The summed E-state index contributed by atoms with van der Waals surface area (Å²) in [5, 5.41) is 0. The number of hydrogen-bond donors (Lipinski definition) is 0. The van der Waals surface area contributed by atoms with Crippen molar-refractivity contribution < 1.29 is 13.9 Å². The molecule has 0 saturated carbocycles. The van der Waals surface area contributed by atoms with Crippen LogP contribution in [0.15, 0.2) is 47.1 Å². The van der Waals surface area contributed by atoms with Crippen LogP contribution in [0, 0.1) is 0 Å². The number of amides is 1. The van der Waals surface area contributed by atoms with E-state index in [-0.39, 0.29) is 5.91 Å². The molecule has 3 heterocycles. The second kappa shape index (κ2) is 7.19. The summed E-state index contributed by atoms with van der Waals surface area (Å²) >= 11 is 0. The summed E-state index contributed by atoms with van der Waals surface area (Å²) in [4.78, 5) is 19.0. The number of benzene rings is 1. The van der Waals surface area contributed by atoms with E-state index in [2.05, 4.69) is 34.1 Å². The number of rotatable bonds is 3. The third kappa shape index (κ3) is 3.35. The van der Waals surface area contributed by atoms with Gasteiger partial charge < -0.3 is 23.9 Å². The van der Waals surface area contributed by atoms with Gasteiger partial charge in [0.1, 0.15) is 0 Å². The van der Waals surface area contributed by atoms with Crippen molar-refractivity contribution >= 4 is 17.3 Å². The topological polar surface area (TPSA) is 49.2 Å². The minimum atomic E-state index is -0.0221. The van der Waals surface area contributed by atoms with Gasteiger partial charge in [0.05, 0.1) is 30.9 Å². The summed E-state index contributed by atoms with van der Waals surface area (Å²) in [5.41, 5.74) is 2.51. The Kier molecular flexibility index (Phi) is 4.61. The highest BCUT2D eigenvalue weighted by Crippen LogP contribution is 2.30. The van der Waals surface area contributed by atoms with Gasteiger partial charge in [-0.2, -0.15) is 0 Å². The zero-order chi connectivity index (χ0) is 17.1. The van der Waals surface area contributed by atoms with Crippen LogP contribution >= 0.6 is 0 Å². The molecule has 1 amide bonds. The second-order valence-electron chi connectivity index (χ2n) is 6.34. The Labute approximate surface area is 147 Å². The first-order valence-corrected chi connectivity index (χ1v) is 8.82. The van der Waals surface area contributed by atoms with Crippen molar-refractivity contribution in [2.45, 2.75) is 0 Å². The summed E-state index contributed by atoms with van der Waals surface area (Å²) in [6.45, 7) is 6.47. The van der Waals surface area contributed by atoms with Crippen LogP contribution < -0.4 is 9.80 Å². The third-order valence-corrected chi connectivity index (χ3v) is 4.87. The fourth-order valence-electron chi connectivity index (χ4n) is 3.51. The molecule has 0 atom stereocenters. The number of carbonyl (C=O) groups is 1. The summed E-state index contributed by atoms with van der Waals surface area (Å²) in [6, 6.07) is 12.0. The van der Waals surface area contributed by atoms with Crippen LogP contribution in [0.1, 0.15) is 10.6 Å². The Morgan fingerprint density at radius 2 is 1.44 bits per heavy atom. The van der Waals surface area contributed by atoms with Gasteiger partial charge in [0.25, 0.3) is 5.91 Å². The summed E-state index contributed by atoms with van der Waals surface area (Å²) in [6.07, 6.45) is 1.54. The van der Waals surface area contributed by atoms with Crippen molar-refractivity contribution in [2.75, 3.05) is 62.3 Å². The number of morpholine rings is 1. The van der Waals surface area contributed by atoms with E-state index in [4.69, 9.17) is 9.15 Å². The fourth-order valence-corrected chi connectivity index (χ4v) is 3.51. The molecule has 1 aromatic carbocycles. The minimum absolute atomic E-state index is 0.0221. The predicted octanol–water partition coefficient (Wildman–Crippen LogP) is 2.08. The van der Waals surface area contributed by atoms with Gasteiger partial charge in [-0.25, -0.2) is 0 Å². The Morgan fingerprint density at radius 3 is 2.04 bits per heavy atom. The van der Waals surface area contributed by atoms with Gasteiger partial charge in [0, 0.05) is 39.3 Å². The van der Waals surface area contributed by atoms with Crippen molar-refractivity contribution in [3.63, 3.8) is 0 Å². The number of furan rings is 1. The van der Waals surface area contributed by atoms with Gasteiger partial charge in [0.2, 0.25) is 0 Å². The maximum Gasteiger partial charge on any atom is 0.289 e. The van der Waals surface area contributed by atoms with Gasteiger partial charge in [0.15, 0.2) is 5.76 Å². The number of nitrogens with zero attached hydrogens (tertiary/aromatic N) is 3. The molecule has 0 spiro atoms. The SMILES string of the molecule is O=C(c1ccco1)N1CCN(c2ccccc2N2CCOCC2)CC1. The van der Waals surface area contributed by atoms with Gasteiger partial charge in [-0.1, -0.05) is 12.1 Å². The second-order valence-corrected chi connectivity index (χ2v) is 6.34. The van der Waals surface area contributed by atoms with Crippen molar-refractivity contribution in [3.05, 3.63) is 48.4 Å². The van der Waals surface area contributed by atoms with E-state index < -0.39 is 0 Å². The molecule has 2 aliphatic heterocycles. The van der Waals surface area contributed by atoms with E-state index in [0.29, 0.717) is 18.8 Å². The van der Waals surface area contributed by atoms with Crippen LogP contribution in [0.25, 0.3) is 0 Å². The molecule has 0 unspecified atom stereocenters. The quantitative estimate of drug-likeness (QED) is 0.855. The molecular weight excluding hydrogens is 318 g/mol. The van der Waals surface area contributed by atoms with E-state index >= 15 is 0 Å². The lowest BCUT2D eigenvalue weighted by molar-refractivity contribution is 0.0714. The molecule has 2 saturated heterocycles. The van der Waals surface area contributed by atoms with E-state index in [9.17, 15) is 4.79 Å². The molecule has 0 N–H and O–H groups in total. The average Bonchev–Trinajstić information content (AvgIpc) is 3.23. The molecule has 1 aromatic heterocycles. The summed E-state index contributed by atoms with van der Waals surface area (Å²) < 4.78 is 10.7. The number of piperazine rings is 1. The van der Waals surface area contributed by atoms with Crippen molar-refractivity contribution in [3.8, 4) is 0 Å². The van der Waals surface area contributed by atoms with Crippen LogP contribution in [0.4, 0.5) is 11.4 Å². The molecule has 0 aliphatic carbocycles. The molecule has 132 valence electrons. The molecule has 4 rings (SSSR count). The van der Waals surface area contributed by atoms with Crippen LogP contribution in [-0.2, 0) is 4.74 Å². The standard InChI is InChI=1S/C19H23N3O3/c23-19(18-6-3-13-25-18)22-9-7-20(8-10-22)16-4-1-2-5-17(16)21-11-14-24-15-12-21/h1-6,13H,7-12,14-15H2. The van der Waals surface area contributed by atoms with Crippen LogP contribution in [0.3, 0.4) is 0 Å². The van der Waals surface area contributed by atoms with Crippen LogP contribution in [-0.4, -0.2) is 63.3 Å². The lowest BCUT2D eigenvalue weighted by atomic mass is 10.2. The Morgan fingerprint density at radius 1 is 0.800 bits per heavy atom. The summed E-state index contributed by atoms with van der Waals surface area (Å²) in [7, 11) is 0. The normalized spacial score (nSPS) is 18.5. The average molecular weight is 341 g/mol. The number of hydrogen-bond acceptors (Lipinski definition) is 5. The number of ether oxygens (including phenoxy) is 1. The van der Waals surface area contributed by atoms with Crippen molar-refractivity contribution in [1.29, 1.82) is 0 Å². The highest BCUT2D eigenvalue weighted by molar-refractivity contribution is 5.91. The van der Waals surface area contributed by atoms with E-state index in [0.717, 1.165) is 39.4 Å². The molecule has 25 heavy (non-hydrogen) atoms. The molecule has 0 bridgehead atoms. The maximum absolute atomic E-state index is 12.4. The Balaban J connectivity index is 1.45. The fraction of sp³-hybridized carbons (Fsp3) is 0.421. The lowest BCUT2D eigenvalue weighted by Crippen LogP contribution is -2.49. The van der Waals surface area contributed by atoms with E-state index in [1.54, 1.807) is 18.4 Å². The van der Waals surface area contributed by atoms with Gasteiger partial charge in [-0.15, -0.1) is 0 Å². The monoisotopic (exact) mass is 341 g/mol. The first kappa shape index (κ1) is 16.0. The molecule has 2 aromatic rings. The molecule has 6 nitrogen and oxygen atoms in total. The largest absolute Gasteiger partial charge is 0.459 e. The number of para-hydroxylation sites is 2. The first-order valence-electron chi connectivity index (χ1n) is 8.82. The maximum atomic E-state index is 12.4. The van der Waals surface area contributed by atoms with Crippen LogP contribution in [0.5, 0.6) is 0 Å². The van der Waals surface area contributed by atoms with E-state index in [1.165, 1.54) is 11.4 Å². The van der Waals surface area contributed by atoms with Gasteiger partial charge in [-0.3, -0.25) is 4.79 Å². The highest BCUT2D eigenvalue weighted by atomic mass is 16.5. The van der Waals surface area contributed by atoms with E-state index in [1.807, 2.05) is 4.90 Å². The molecular formula is C19H23N3O3. The number of carbonyl (C=O) groups excluding carboxylic acids is 1. The molecule has 6 heteroatoms. The first-order chi connectivity index (χ1) is 12.3. The number of anilines is 2. The van der Waals surface area contributed by atoms with Gasteiger partial charge >= 0.3 is 0 Å². The smallest absolute Gasteiger partial charge is 0.289 e. The third-order valence-electron chi connectivity index (χ3n) is 4.87. The van der Waals surface area contributed by atoms with Crippen molar-refractivity contribution in [1.82, 2.24) is 4.90 Å². The van der Waals surface area contributed by atoms with Crippen LogP contribution in [0.2, 0.25) is 0 Å². The lowest BCUT2D eigenvalue weighted by Gasteiger charge is -2.39. The molecule has 2 aliphatic rings. The summed E-state index contributed by atoms with van der Waals surface area (Å²) in [5.74, 6) is 0.397. The Bertz CT molecular complexity index is 702. The zero-order valence-electron chi connectivity index (χ0n) is 14.3. The molecule has 0 radical (unpaired) electrons. The van der Waals surface area contributed by atoms with Gasteiger partial charge in [-0.05, 0) is 24.3 Å². The highest BCUT2D eigenvalue weighted by Gasteiger charge is 2.25. The minimum Gasteiger partial charge on any atom is -0.459 e. The predicted molar refractivity (Wildman–Crippen MR) is 96.3 cm³/mol. The van der Waals surface area contributed by atoms with Crippen molar-refractivity contribution in [2.24, 2.45) is 0 Å².